The van der Waals surface area contributed by atoms with E-state index in [1.54, 1.807) is 0 Å². The standard InChI is InChI=1S/C18H20ClN3O2/c19-13-7-5-12(6-8-13)17-10-22-15(11-24-17)9-16(21-22)18(23)20-14-3-1-2-4-14/h5-9,14,17H,1-4,10-11H2,(H,20,23). The molecule has 24 heavy (non-hydrogen) atoms. The summed E-state index contributed by atoms with van der Waals surface area (Å²) in [5.41, 5.74) is 2.49. The lowest BCUT2D eigenvalue weighted by atomic mass is 10.1. The minimum absolute atomic E-state index is 0.0691. The van der Waals surface area contributed by atoms with Crippen LogP contribution in [0.25, 0.3) is 0 Å². The Morgan fingerprint density at radius 1 is 1.25 bits per heavy atom. The number of nitrogens with zero attached hydrogens (tertiary/aromatic N) is 2. The molecule has 2 aliphatic rings. The number of nitrogens with one attached hydrogen (secondary N) is 1. The zero-order valence-corrected chi connectivity index (χ0v) is 14.1. The minimum atomic E-state index is -0.0770. The first-order chi connectivity index (χ1) is 11.7. The van der Waals surface area contributed by atoms with Crippen LogP contribution in [0, 0.1) is 0 Å². The molecule has 1 atom stereocenters. The van der Waals surface area contributed by atoms with Crippen molar-refractivity contribution < 1.29 is 9.53 Å². The van der Waals surface area contributed by atoms with Gasteiger partial charge in [-0.25, -0.2) is 0 Å². The predicted octanol–water partition coefficient (Wildman–Crippen LogP) is 3.48. The van der Waals surface area contributed by atoms with Gasteiger partial charge in [-0.15, -0.1) is 0 Å². The first kappa shape index (κ1) is 15.7. The quantitative estimate of drug-likeness (QED) is 0.926. The fraction of sp³-hybridized carbons (Fsp3) is 0.444. The third kappa shape index (κ3) is 3.19. The Balaban J connectivity index is 1.47. The van der Waals surface area contributed by atoms with Gasteiger partial charge in [0.15, 0.2) is 5.69 Å². The van der Waals surface area contributed by atoms with Crippen molar-refractivity contribution in [1.82, 2.24) is 15.1 Å². The molecule has 1 amide bonds. The molecular formula is C18H20ClN3O2. The lowest BCUT2D eigenvalue weighted by Gasteiger charge is -2.24. The normalized spacial score (nSPS) is 20.8. The summed E-state index contributed by atoms with van der Waals surface area (Å²) in [5.74, 6) is -0.0770. The molecule has 0 radical (unpaired) electrons. The Bertz CT molecular complexity index is 735. The largest absolute Gasteiger partial charge is 0.365 e. The third-order valence-electron chi connectivity index (χ3n) is 4.80. The van der Waals surface area contributed by atoms with Crippen LogP contribution in [0.4, 0.5) is 0 Å². The molecule has 6 heteroatoms. The fourth-order valence-electron chi connectivity index (χ4n) is 3.44. The minimum Gasteiger partial charge on any atom is -0.365 e. The summed E-state index contributed by atoms with van der Waals surface area (Å²) >= 11 is 5.94. The molecule has 0 bridgehead atoms. The summed E-state index contributed by atoms with van der Waals surface area (Å²) in [5, 5.41) is 8.28. The van der Waals surface area contributed by atoms with E-state index in [4.69, 9.17) is 16.3 Å². The highest BCUT2D eigenvalue weighted by molar-refractivity contribution is 6.30. The number of carbonyl (C=O) groups is 1. The molecule has 2 aromatic rings. The van der Waals surface area contributed by atoms with Crippen molar-refractivity contribution in [2.75, 3.05) is 0 Å². The zero-order chi connectivity index (χ0) is 16.5. The summed E-state index contributed by atoms with van der Waals surface area (Å²) in [6.45, 7) is 1.06. The van der Waals surface area contributed by atoms with E-state index >= 15 is 0 Å². The summed E-state index contributed by atoms with van der Waals surface area (Å²) in [6, 6.07) is 9.79. The van der Waals surface area contributed by atoms with Crippen molar-refractivity contribution in [3.05, 3.63) is 52.3 Å². The van der Waals surface area contributed by atoms with Gasteiger partial charge in [-0.1, -0.05) is 36.6 Å². The summed E-state index contributed by atoms with van der Waals surface area (Å²) < 4.78 is 7.80. The molecule has 1 N–H and O–H groups in total. The van der Waals surface area contributed by atoms with Gasteiger partial charge in [0, 0.05) is 11.1 Å². The summed E-state index contributed by atoms with van der Waals surface area (Å²) in [7, 11) is 0. The molecule has 1 saturated carbocycles. The van der Waals surface area contributed by atoms with Crippen LogP contribution in [-0.4, -0.2) is 21.7 Å². The number of fused-ring (bicyclic) bond motifs is 1. The molecule has 1 fully saturated rings. The maximum Gasteiger partial charge on any atom is 0.272 e. The Labute approximate surface area is 145 Å². The highest BCUT2D eigenvalue weighted by Crippen LogP contribution is 2.27. The molecule has 4 rings (SSSR count). The van der Waals surface area contributed by atoms with E-state index in [1.807, 2.05) is 35.0 Å². The van der Waals surface area contributed by atoms with Gasteiger partial charge in [0.25, 0.3) is 5.91 Å². The van der Waals surface area contributed by atoms with Gasteiger partial charge in [-0.3, -0.25) is 9.48 Å². The van der Waals surface area contributed by atoms with Crippen molar-refractivity contribution in [1.29, 1.82) is 0 Å². The number of hydrogen-bond donors (Lipinski definition) is 1. The Morgan fingerprint density at radius 3 is 2.75 bits per heavy atom. The van der Waals surface area contributed by atoms with Crippen molar-refractivity contribution in [3.8, 4) is 0 Å². The second-order valence-electron chi connectivity index (χ2n) is 6.51. The number of amides is 1. The molecule has 0 saturated heterocycles. The second-order valence-corrected chi connectivity index (χ2v) is 6.95. The average molecular weight is 346 g/mol. The van der Waals surface area contributed by atoms with Gasteiger partial charge in [-0.2, -0.15) is 5.10 Å². The molecule has 0 spiro atoms. The van der Waals surface area contributed by atoms with Crippen molar-refractivity contribution in [2.24, 2.45) is 0 Å². The van der Waals surface area contributed by atoms with Crippen LogP contribution in [0.2, 0.25) is 5.02 Å². The highest BCUT2D eigenvalue weighted by Gasteiger charge is 2.25. The van der Waals surface area contributed by atoms with Gasteiger partial charge < -0.3 is 10.1 Å². The van der Waals surface area contributed by atoms with Crippen molar-refractivity contribution >= 4 is 17.5 Å². The number of aromatic nitrogens is 2. The van der Waals surface area contributed by atoms with Gasteiger partial charge in [0.2, 0.25) is 0 Å². The van der Waals surface area contributed by atoms with Gasteiger partial charge in [-0.05, 0) is 36.6 Å². The fourth-order valence-corrected chi connectivity index (χ4v) is 3.57. The first-order valence-corrected chi connectivity index (χ1v) is 8.81. The Morgan fingerprint density at radius 2 is 2.00 bits per heavy atom. The van der Waals surface area contributed by atoms with Gasteiger partial charge in [0.05, 0.1) is 18.8 Å². The summed E-state index contributed by atoms with van der Waals surface area (Å²) in [6.07, 6.45) is 4.46. The van der Waals surface area contributed by atoms with Crippen LogP contribution in [-0.2, 0) is 17.9 Å². The lowest BCUT2D eigenvalue weighted by Crippen LogP contribution is -2.33. The van der Waals surface area contributed by atoms with E-state index < -0.39 is 0 Å². The maximum atomic E-state index is 12.4. The van der Waals surface area contributed by atoms with Crippen LogP contribution in [0.3, 0.4) is 0 Å². The number of benzene rings is 1. The molecule has 1 aliphatic carbocycles. The van der Waals surface area contributed by atoms with Crippen LogP contribution in [0.15, 0.2) is 30.3 Å². The number of halogens is 1. The van der Waals surface area contributed by atoms with E-state index in [9.17, 15) is 4.79 Å². The topological polar surface area (TPSA) is 56.2 Å². The second kappa shape index (κ2) is 6.57. The highest BCUT2D eigenvalue weighted by atomic mass is 35.5. The molecule has 5 nitrogen and oxygen atoms in total. The molecule has 1 aliphatic heterocycles. The van der Waals surface area contributed by atoms with Gasteiger partial charge >= 0.3 is 0 Å². The lowest BCUT2D eigenvalue weighted by molar-refractivity contribution is -0.00119. The maximum absolute atomic E-state index is 12.4. The molecule has 2 heterocycles. The smallest absolute Gasteiger partial charge is 0.272 e. The molecule has 1 unspecified atom stereocenters. The van der Waals surface area contributed by atoms with E-state index in [-0.39, 0.29) is 12.0 Å². The van der Waals surface area contributed by atoms with E-state index in [1.165, 1.54) is 12.8 Å². The Kier molecular flexibility index (Phi) is 4.29. The van der Waals surface area contributed by atoms with Crippen LogP contribution in [0.5, 0.6) is 0 Å². The third-order valence-corrected chi connectivity index (χ3v) is 5.05. The van der Waals surface area contributed by atoms with Crippen LogP contribution >= 0.6 is 11.6 Å². The molecule has 126 valence electrons. The predicted molar refractivity (Wildman–Crippen MR) is 90.9 cm³/mol. The van der Waals surface area contributed by atoms with E-state index in [0.717, 1.165) is 24.1 Å². The number of ether oxygens (including phenoxy) is 1. The molecule has 1 aromatic carbocycles. The number of hydrogen-bond acceptors (Lipinski definition) is 3. The SMILES string of the molecule is O=C(NC1CCCC1)c1cc2n(n1)CC(c1ccc(Cl)cc1)OC2. The number of rotatable bonds is 3. The molecular weight excluding hydrogens is 326 g/mol. The van der Waals surface area contributed by atoms with Crippen molar-refractivity contribution in [2.45, 2.75) is 51.0 Å². The zero-order valence-electron chi connectivity index (χ0n) is 13.4. The first-order valence-electron chi connectivity index (χ1n) is 8.44. The summed E-state index contributed by atoms with van der Waals surface area (Å²) in [4.78, 5) is 12.4. The van der Waals surface area contributed by atoms with E-state index in [2.05, 4.69) is 10.4 Å². The number of carbonyl (C=O) groups excluding carboxylic acids is 1. The van der Waals surface area contributed by atoms with E-state index in [0.29, 0.717) is 29.9 Å². The molecule has 1 aromatic heterocycles. The monoisotopic (exact) mass is 345 g/mol. The van der Waals surface area contributed by atoms with Gasteiger partial charge in [0.1, 0.15) is 6.10 Å². The average Bonchev–Trinajstić information content (AvgIpc) is 3.24. The Hall–Kier alpha value is -1.85. The van der Waals surface area contributed by atoms with Crippen molar-refractivity contribution in [3.63, 3.8) is 0 Å². The van der Waals surface area contributed by atoms with Crippen LogP contribution in [0.1, 0.15) is 53.5 Å². The van der Waals surface area contributed by atoms with Crippen LogP contribution < -0.4 is 5.32 Å².